The van der Waals surface area contributed by atoms with Crippen molar-refractivity contribution in [2.75, 3.05) is 0 Å². The average Bonchev–Trinajstić information content (AvgIpc) is 1.99. The molecular formula is C11H12BrFO2. The van der Waals surface area contributed by atoms with Gasteiger partial charge in [0, 0.05) is 9.89 Å². The van der Waals surface area contributed by atoms with E-state index in [0.717, 1.165) is 5.56 Å². The Kier molecular flexibility index (Phi) is 3.50. The van der Waals surface area contributed by atoms with Gasteiger partial charge in [-0.2, -0.15) is 0 Å². The van der Waals surface area contributed by atoms with E-state index in [1.165, 1.54) is 12.1 Å². The van der Waals surface area contributed by atoms with Gasteiger partial charge in [0.05, 0.1) is 6.42 Å². The lowest BCUT2D eigenvalue weighted by atomic mass is 9.82. The molecule has 0 aliphatic rings. The molecule has 4 heteroatoms. The maximum Gasteiger partial charge on any atom is 0.304 e. The molecule has 82 valence electrons. The summed E-state index contributed by atoms with van der Waals surface area (Å²) >= 11 is 3.24. The molecule has 0 aromatic heterocycles. The highest BCUT2D eigenvalue weighted by molar-refractivity contribution is 9.10. The Morgan fingerprint density at radius 3 is 2.60 bits per heavy atom. The van der Waals surface area contributed by atoms with Gasteiger partial charge in [-0.25, -0.2) is 4.39 Å². The van der Waals surface area contributed by atoms with E-state index in [-0.39, 0.29) is 12.2 Å². The minimum absolute atomic E-state index is 0.0111. The molecule has 0 saturated heterocycles. The Balaban J connectivity index is 3.09. The molecule has 0 fully saturated rings. The molecule has 0 radical (unpaired) electrons. The van der Waals surface area contributed by atoms with Gasteiger partial charge in [0.15, 0.2) is 0 Å². The molecule has 2 nitrogen and oxygen atoms in total. The third-order valence-corrected chi connectivity index (χ3v) is 2.91. The van der Waals surface area contributed by atoms with Crippen molar-refractivity contribution in [1.29, 1.82) is 0 Å². The molecule has 0 aliphatic heterocycles. The van der Waals surface area contributed by atoms with Crippen molar-refractivity contribution >= 4 is 21.9 Å². The fourth-order valence-corrected chi connectivity index (χ4v) is 2.40. The maximum absolute atomic E-state index is 12.9. The van der Waals surface area contributed by atoms with Gasteiger partial charge in [-0.1, -0.05) is 35.8 Å². The van der Waals surface area contributed by atoms with Crippen LogP contribution >= 0.6 is 15.9 Å². The second kappa shape index (κ2) is 4.31. The Morgan fingerprint density at radius 1 is 1.53 bits per heavy atom. The summed E-state index contributed by atoms with van der Waals surface area (Å²) in [5.41, 5.74) is 0.282. The zero-order valence-corrected chi connectivity index (χ0v) is 10.1. The normalized spacial score (nSPS) is 11.5. The first-order chi connectivity index (χ1) is 6.83. The molecule has 1 N–H and O–H groups in total. The first-order valence-electron chi connectivity index (χ1n) is 4.50. The van der Waals surface area contributed by atoms with Crippen molar-refractivity contribution in [2.45, 2.75) is 25.7 Å². The standard InChI is InChI=1S/C11H12BrFO2/c1-11(2,6-10(14)15)8-4-3-7(13)5-9(8)12/h3-5H,6H2,1-2H3,(H,14,15). The molecule has 15 heavy (non-hydrogen) atoms. The summed E-state index contributed by atoms with van der Waals surface area (Å²) in [7, 11) is 0. The molecule has 0 unspecified atom stereocenters. The van der Waals surface area contributed by atoms with Crippen molar-refractivity contribution in [1.82, 2.24) is 0 Å². The largest absolute Gasteiger partial charge is 0.481 e. The molecular weight excluding hydrogens is 263 g/mol. The topological polar surface area (TPSA) is 37.3 Å². The Labute approximate surface area is 96.2 Å². The number of rotatable bonds is 3. The van der Waals surface area contributed by atoms with Crippen molar-refractivity contribution in [3.05, 3.63) is 34.1 Å². The van der Waals surface area contributed by atoms with E-state index in [9.17, 15) is 9.18 Å². The van der Waals surface area contributed by atoms with Crippen LogP contribution in [0.1, 0.15) is 25.8 Å². The van der Waals surface area contributed by atoms with Gasteiger partial charge in [0.25, 0.3) is 0 Å². The highest BCUT2D eigenvalue weighted by Gasteiger charge is 2.26. The van der Waals surface area contributed by atoms with Gasteiger partial charge in [-0.05, 0) is 17.7 Å². The van der Waals surface area contributed by atoms with E-state index in [1.54, 1.807) is 6.07 Å². The Bertz CT molecular complexity index is 388. The van der Waals surface area contributed by atoms with E-state index in [0.29, 0.717) is 4.47 Å². The molecule has 0 aliphatic carbocycles. The summed E-state index contributed by atoms with van der Waals surface area (Å²) in [5, 5.41) is 8.77. The van der Waals surface area contributed by atoms with E-state index >= 15 is 0 Å². The fraction of sp³-hybridized carbons (Fsp3) is 0.364. The van der Waals surface area contributed by atoms with Crippen molar-refractivity contribution in [3.63, 3.8) is 0 Å². The summed E-state index contributed by atoms with van der Waals surface area (Å²) in [6, 6.07) is 4.30. The lowest BCUT2D eigenvalue weighted by Crippen LogP contribution is -2.22. The molecule has 1 aromatic carbocycles. The van der Waals surface area contributed by atoms with Gasteiger partial charge in [-0.15, -0.1) is 0 Å². The van der Waals surface area contributed by atoms with Crippen molar-refractivity contribution in [2.24, 2.45) is 0 Å². The van der Waals surface area contributed by atoms with E-state index in [4.69, 9.17) is 5.11 Å². The van der Waals surface area contributed by atoms with Gasteiger partial charge >= 0.3 is 5.97 Å². The summed E-state index contributed by atoms with van der Waals surface area (Å²) < 4.78 is 13.5. The highest BCUT2D eigenvalue weighted by Crippen LogP contribution is 2.33. The van der Waals surface area contributed by atoms with Crippen LogP contribution in [0.4, 0.5) is 4.39 Å². The number of aliphatic carboxylic acids is 1. The van der Waals surface area contributed by atoms with Crippen LogP contribution in [0.15, 0.2) is 22.7 Å². The van der Waals surface area contributed by atoms with Crippen LogP contribution < -0.4 is 0 Å². The smallest absolute Gasteiger partial charge is 0.304 e. The number of benzene rings is 1. The van der Waals surface area contributed by atoms with Crippen LogP contribution in [0.25, 0.3) is 0 Å². The highest BCUT2D eigenvalue weighted by atomic mass is 79.9. The van der Waals surface area contributed by atoms with Crippen molar-refractivity contribution < 1.29 is 14.3 Å². The molecule has 0 atom stereocenters. The lowest BCUT2D eigenvalue weighted by molar-refractivity contribution is -0.138. The van der Waals surface area contributed by atoms with Gasteiger partial charge in [0.1, 0.15) is 5.82 Å². The molecule has 0 heterocycles. The minimum atomic E-state index is -0.865. The molecule has 0 amide bonds. The van der Waals surface area contributed by atoms with Gasteiger partial charge < -0.3 is 5.11 Å². The number of carbonyl (C=O) groups is 1. The summed E-state index contributed by atoms with van der Waals surface area (Å²) in [6.07, 6.45) is 0.0111. The third-order valence-electron chi connectivity index (χ3n) is 2.25. The SMILES string of the molecule is CC(C)(CC(=O)O)c1ccc(F)cc1Br. The number of hydrogen-bond acceptors (Lipinski definition) is 1. The summed E-state index contributed by atoms with van der Waals surface area (Å²) in [4.78, 5) is 10.7. The molecule has 0 bridgehead atoms. The van der Waals surface area contributed by atoms with Crippen LogP contribution in [-0.4, -0.2) is 11.1 Å². The van der Waals surface area contributed by atoms with Crippen molar-refractivity contribution in [3.8, 4) is 0 Å². The second-order valence-corrected chi connectivity index (χ2v) is 4.93. The quantitative estimate of drug-likeness (QED) is 0.918. The molecule has 0 spiro atoms. The number of hydrogen-bond donors (Lipinski definition) is 1. The second-order valence-electron chi connectivity index (χ2n) is 4.08. The fourth-order valence-electron chi connectivity index (χ4n) is 1.51. The first-order valence-corrected chi connectivity index (χ1v) is 5.29. The first kappa shape index (κ1) is 12.2. The van der Waals surface area contributed by atoms with Gasteiger partial charge in [0.2, 0.25) is 0 Å². The maximum atomic E-state index is 12.9. The Hall–Kier alpha value is -0.900. The zero-order valence-electron chi connectivity index (χ0n) is 8.55. The number of carboxylic acid groups (broad SMARTS) is 1. The van der Waals surface area contributed by atoms with E-state index < -0.39 is 11.4 Å². The van der Waals surface area contributed by atoms with Crippen LogP contribution in [-0.2, 0) is 10.2 Å². The number of halogens is 2. The molecule has 0 saturated carbocycles. The molecule has 1 aromatic rings. The Morgan fingerprint density at radius 2 is 2.13 bits per heavy atom. The van der Waals surface area contributed by atoms with Crippen LogP contribution in [0.3, 0.4) is 0 Å². The number of carboxylic acids is 1. The van der Waals surface area contributed by atoms with E-state index in [1.807, 2.05) is 13.8 Å². The predicted octanol–water partition coefficient (Wildman–Crippen LogP) is 3.34. The average molecular weight is 275 g/mol. The zero-order chi connectivity index (χ0) is 11.6. The third kappa shape index (κ3) is 3.02. The predicted molar refractivity (Wildman–Crippen MR) is 59.4 cm³/mol. The van der Waals surface area contributed by atoms with Crippen LogP contribution in [0.2, 0.25) is 0 Å². The van der Waals surface area contributed by atoms with Gasteiger partial charge in [-0.3, -0.25) is 4.79 Å². The summed E-state index contributed by atoms with van der Waals surface area (Å²) in [5.74, 6) is -1.20. The van der Waals surface area contributed by atoms with Crippen LogP contribution in [0, 0.1) is 5.82 Å². The molecule has 1 rings (SSSR count). The minimum Gasteiger partial charge on any atom is -0.481 e. The lowest BCUT2D eigenvalue weighted by Gasteiger charge is -2.24. The monoisotopic (exact) mass is 274 g/mol. The summed E-state index contributed by atoms with van der Waals surface area (Å²) in [6.45, 7) is 3.64. The van der Waals surface area contributed by atoms with E-state index in [2.05, 4.69) is 15.9 Å². The van der Waals surface area contributed by atoms with Crippen LogP contribution in [0.5, 0.6) is 0 Å².